The minimum Gasteiger partial charge on any atom is -0.298 e. The second-order valence-electron chi connectivity index (χ2n) is 5.93. The molecule has 0 spiro atoms. The van der Waals surface area contributed by atoms with E-state index in [2.05, 4.69) is 0 Å². The maximum atomic E-state index is 11.5. The third kappa shape index (κ3) is 3.72. The Morgan fingerprint density at radius 1 is 1.11 bits per heavy atom. The van der Waals surface area contributed by atoms with Gasteiger partial charge in [0, 0.05) is 17.4 Å². The maximum absolute atomic E-state index is 11.5. The number of hydrogen-bond acceptors (Lipinski definition) is 5. The summed E-state index contributed by atoms with van der Waals surface area (Å²) in [7, 11) is -2.27. The zero-order valence-electron chi connectivity index (χ0n) is 14.3. The molecule has 2 heterocycles. The highest BCUT2D eigenvalue weighted by Gasteiger charge is 2.23. The van der Waals surface area contributed by atoms with E-state index >= 15 is 0 Å². The minimum atomic E-state index is -4.19. The van der Waals surface area contributed by atoms with Gasteiger partial charge in [0.05, 0.1) is 10.4 Å². The Bertz CT molecular complexity index is 1290. The first-order chi connectivity index (χ1) is 12.9. The molecule has 27 heavy (non-hydrogen) atoms. The number of thiazole rings is 2. The van der Waals surface area contributed by atoms with Crippen LogP contribution in [-0.2, 0) is 23.0 Å². The predicted octanol–water partition coefficient (Wildman–Crippen LogP) is 3.33. The highest BCUT2D eigenvalue weighted by Crippen LogP contribution is 2.26. The Hall–Kier alpha value is -2.33. The summed E-state index contributed by atoms with van der Waals surface area (Å²) in [6.45, 7) is 0. The molecule has 0 unspecified atom stereocenters. The van der Waals surface area contributed by atoms with E-state index < -0.39 is 16.0 Å². The molecule has 0 saturated heterocycles. The van der Waals surface area contributed by atoms with Crippen molar-refractivity contribution in [2.75, 3.05) is 0 Å². The van der Waals surface area contributed by atoms with E-state index in [1.165, 1.54) is 27.2 Å². The van der Waals surface area contributed by atoms with Gasteiger partial charge < -0.3 is 0 Å². The van der Waals surface area contributed by atoms with Gasteiger partial charge in [0.1, 0.15) is 5.52 Å². The van der Waals surface area contributed by atoms with Crippen LogP contribution in [0.25, 0.3) is 21.5 Å². The summed E-state index contributed by atoms with van der Waals surface area (Å²) in [4.78, 5) is 5.44. The third-order valence-corrected chi connectivity index (χ3v) is 6.63. The van der Waals surface area contributed by atoms with Gasteiger partial charge in [-0.05, 0) is 29.0 Å². The Labute approximate surface area is 164 Å². The lowest BCUT2D eigenvalue weighted by Gasteiger charge is -2.00. The summed E-state index contributed by atoms with van der Waals surface area (Å²) in [5, 5.41) is 2.54. The summed E-state index contributed by atoms with van der Waals surface area (Å²) in [6, 6.07) is 17.4. The van der Waals surface area contributed by atoms with Crippen LogP contribution in [0.15, 0.2) is 65.0 Å². The number of rotatable bonds is 4. The first-order valence-corrected chi connectivity index (χ1v) is 11.3. The van der Waals surface area contributed by atoms with Crippen LogP contribution in [0.3, 0.4) is 0 Å². The molecule has 138 valence electrons. The zero-order chi connectivity index (χ0) is 19.0. The molecule has 2 aromatic carbocycles. The van der Waals surface area contributed by atoms with Crippen molar-refractivity contribution in [3.05, 3.63) is 64.8 Å². The molecule has 0 saturated carbocycles. The van der Waals surface area contributed by atoms with E-state index in [0.717, 1.165) is 26.3 Å². The van der Waals surface area contributed by atoms with Crippen LogP contribution in [0, 0.1) is 0 Å². The van der Waals surface area contributed by atoms with Crippen LogP contribution in [0.1, 0.15) is 0 Å². The van der Waals surface area contributed by atoms with Crippen molar-refractivity contribution in [2.24, 2.45) is 12.0 Å². The number of benzene rings is 2. The van der Waals surface area contributed by atoms with Gasteiger partial charge >= 0.3 is 20.1 Å². The van der Waals surface area contributed by atoms with Gasteiger partial charge in [0.2, 0.25) is 5.88 Å². The van der Waals surface area contributed by atoms with Crippen molar-refractivity contribution >= 4 is 48.1 Å². The van der Waals surface area contributed by atoms with E-state index in [1.54, 1.807) is 0 Å². The molecule has 0 aliphatic carbocycles. The molecule has 1 N–H and O–H groups in total. The highest BCUT2D eigenvalue weighted by molar-refractivity contribution is 7.84. The molecule has 0 aliphatic heterocycles. The molecule has 6 nitrogen and oxygen atoms in total. The Morgan fingerprint density at radius 3 is 2.56 bits per heavy atom. The standard InChI is InChI=1S/C18H15N3O3S3/c1-20-15(13-7-3-2-4-8-13)11-25-17(20)19-18-21(12-27(22,23)24)14-9-5-6-10-16(14)26-18/h2-11H,12H2,1H3/p+1. The molecule has 0 fully saturated rings. The lowest BCUT2D eigenvalue weighted by molar-refractivity contribution is -0.634. The third-order valence-electron chi connectivity index (χ3n) is 4.07. The fourth-order valence-electron chi connectivity index (χ4n) is 2.82. The maximum Gasteiger partial charge on any atom is 0.387 e. The molecule has 0 aliphatic rings. The van der Waals surface area contributed by atoms with Gasteiger partial charge in [0.15, 0.2) is 0 Å². The summed E-state index contributed by atoms with van der Waals surface area (Å²) in [5.74, 6) is -0.531. The number of nitrogens with zero attached hydrogens (tertiary/aromatic N) is 3. The zero-order valence-corrected chi connectivity index (χ0v) is 16.8. The molecule has 9 heteroatoms. The SMILES string of the molecule is Cn1c(-c2ccccc2)csc1=Nc1sc2ccccc2[n+]1CS(=O)(=O)O. The van der Waals surface area contributed by atoms with Crippen LogP contribution in [-0.4, -0.2) is 17.5 Å². The molecule has 0 atom stereocenters. The molecule has 4 aromatic rings. The van der Waals surface area contributed by atoms with E-state index in [0.29, 0.717) is 5.13 Å². The summed E-state index contributed by atoms with van der Waals surface area (Å²) < 4.78 is 36.8. The number of fused-ring (bicyclic) bond motifs is 1. The number of aromatic nitrogens is 2. The normalized spacial score (nSPS) is 12.7. The molecular formula is C18H16N3O3S3+. The van der Waals surface area contributed by atoms with Crippen molar-refractivity contribution in [3.8, 4) is 11.3 Å². The van der Waals surface area contributed by atoms with Gasteiger partial charge in [-0.1, -0.05) is 53.8 Å². The summed E-state index contributed by atoms with van der Waals surface area (Å²) in [5.41, 5.74) is 2.84. The quantitative estimate of drug-likeness (QED) is 0.408. The van der Waals surface area contributed by atoms with Crippen LogP contribution in [0.4, 0.5) is 5.13 Å². The predicted molar refractivity (Wildman–Crippen MR) is 108 cm³/mol. The topological polar surface area (TPSA) is 75.5 Å². The fraction of sp³-hybridized carbons (Fsp3) is 0.111. The molecule has 0 amide bonds. The van der Waals surface area contributed by atoms with Crippen LogP contribution >= 0.6 is 22.7 Å². The molecular weight excluding hydrogens is 402 g/mol. The Kier molecular flexibility index (Phi) is 4.68. The van der Waals surface area contributed by atoms with Crippen molar-refractivity contribution in [3.63, 3.8) is 0 Å². The molecule has 0 bridgehead atoms. The average Bonchev–Trinajstić information content (AvgIpc) is 3.16. The first-order valence-electron chi connectivity index (χ1n) is 8.03. The van der Waals surface area contributed by atoms with E-state index in [4.69, 9.17) is 4.99 Å². The van der Waals surface area contributed by atoms with Crippen LogP contribution in [0.5, 0.6) is 0 Å². The van der Waals surface area contributed by atoms with Gasteiger partial charge in [0.25, 0.3) is 0 Å². The highest BCUT2D eigenvalue weighted by atomic mass is 32.2. The van der Waals surface area contributed by atoms with Crippen molar-refractivity contribution < 1.29 is 17.5 Å². The number of hydrogen-bond donors (Lipinski definition) is 1. The van der Waals surface area contributed by atoms with Crippen LogP contribution in [0.2, 0.25) is 0 Å². The Morgan fingerprint density at radius 2 is 1.81 bits per heavy atom. The second-order valence-corrected chi connectivity index (χ2v) is 9.20. The van der Waals surface area contributed by atoms with E-state index in [-0.39, 0.29) is 0 Å². The van der Waals surface area contributed by atoms with E-state index in [9.17, 15) is 13.0 Å². The smallest absolute Gasteiger partial charge is 0.298 e. The monoisotopic (exact) mass is 418 g/mol. The summed E-state index contributed by atoms with van der Waals surface area (Å²) >= 11 is 2.87. The van der Waals surface area contributed by atoms with Gasteiger partial charge in [-0.15, -0.1) is 0 Å². The van der Waals surface area contributed by atoms with E-state index in [1.807, 2.05) is 71.6 Å². The van der Waals surface area contributed by atoms with Crippen LogP contribution < -0.4 is 9.37 Å². The number of para-hydroxylation sites is 1. The van der Waals surface area contributed by atoms with Gasteiger partial charge in [-0.25, -0.2) is 0 Å². The van der Waals surface area contributed by atoms with Gasteiger partial charge in [-0.2, -0.15) is 13.0 Å². The average molecular weight is 419 g/mol. The molecule has 4 rings (SSSR count). The van der Waals surface area contributed by atoms with Gasteiger partial charge in [-0.3, -0.25) is 9.12 Å². The minimum absolute atomic E-state index is 0.519. The lowest BCUT2D eigenvalue weighted by Crippen LogP contribution is -2.37. The van der Waals surface area contributed by atoms with Crippen molar-refractivity contribution in [2.45, 2.75) is 5.88 Å². The first kappa shape index (κ1) is 18.1. The fourth-order valence-corrected chi connectivity index (χ4v) is 5.48. The lowest BCUT2D eigenvalue weighted by atomic mass is 10.2. The Balaban J connectivity index is 1.89. The summed E-state index contributed by atoms with van der Waals surface area (Å²) in [6.07, 6.45) is 0. The van der Waals surface area contributed by atoms with Crippen molar-refractivity contribution in [1.82, 2.24) is 4.57 Å². The van der Waals surface area contributed by atoms with Crippen molar-refractivity contribution in [1.29, 1.82) is 0 Å². The second kappa shape index (κ2) is 7.01. The molecule has 2 aromatic heterocycles. The molecule has 0 radical (unpaired) electrons. The largest absolute Gasteiger partial charge is 0.387 e.